The van der Waals surface area contributed by atoms with Crippen molar-refractivity contribution in [3.8, 4) is 11.5 Å². The molecule has 0 heterocycles. The van der Waals surface area contributed by atoms with Crippen LogP contribution < -0.4 is 9.47 Å². The molecule has 164 valence electrons. The largest absolute Gasteiger partial charge is 0.427 e. The second kappa shape index (κ2) is 16.0. The summed E-state index contributed by atoms with van der Waals surface area (Å²) in [4.78, 5) is 22.4. The summed E-state index contributed by atoms with van der Waals surface area (Å²) in [5, 5.41) is 0. The highest BCUT2D eigenvalue weighted by atomic mass is 16.5. The van der Waals surface area contributed by atoms with Crippen molar-refractivity contribution in [2.24, 2.45) is 0 Å². The molecule has 0 bridgehead atoms. The Labute approximate surface area is 177 Å². The van der Waals surface area contributed by atoms with Gasteiger partial charge < -0.3 is 9.47 Å². The minimum absolute atomic E-state index is 0.378. The number of ether oxygens (including phenoxy) is 2. The van der Waals surface area contributed by atoms with Crippen LogP contribution in [0.15, 0.2) is 18.2 Å². The van der Waals surface area contributed by atoms with Crippen LogP contribution in [0.5, 0.6) is 11.5 Å². The number of benzene rings is 1. The van der Waals surface area contributed by atoms with Crippen LogP contribution in [0.3, 0.4) is 0 Å². The number of hydrogen-bond donors (Lipinski definition) is 0. The van der Waals surface area contributed by atoms with Gasteiger partial charge in [-0.1, -0.05) is 84.0 Å². The molecular weight excluding hydrogens is 364 g/mol. The van der Waals surface area contributed by atoms with Gasteiger partial charge in [0.2, 0.25) is 0 Å². The molecule has 0 N–H and O–H groups in total. The van der Waals surface area contributed by atoms with Crippen LogP contribution in [0, 0.1) is 0 Å². The van der Waals surface area contributed by atoms with Crippen molar-refractivity contribution >= 4 is 11.9 Å². The topological polar surface area (TPSA) is 52.6 Å². The zero-order chi connectivity index (χ0) is 21.3. The zero-order valence-electron chi connectivity index (χ0n) is 18.8. The standard InChI is InChI=1S/C25H40O4/c1-4-5-6-7-8-9-10-11-12-13-14-15-16-17-23-18-24(28-21(2)26)20-25(19-23)29-22(3)27/h18-20H,4-17H2,1-3H3. The Hall–Kier alpha value is -1.84. The van der Waals surface area contributed by atoms with Crippen LogP contribution in [0.4, 0.5) is 0 Å². The van der Waals surface area contributed by atoms with Crippen molar-refractivity contribution in [3.63, 3.8) is 0 Å². The second-order valence-electron chi connectivity index (χ2n) is 7.99. The average molecular weight is 405 g/mol. The number of hydrogen-bond acceptors (Lipinski definition) is 4. The van der Waals surface area contributed by atoms with Crippen molar-refractivity contribution in [1.82, 2.24) is 0 Å². The molecule has 0 spiro atoms. The third kappa shape index (κ3) is 13.9. The number of esters is 2. The molecule has 0 saturated carbocycles. The highest BCUT2D eigenvalue weighted by Gasteiger charge is 2.07. The summed E-state index contributed by atoms with van der Waals surface area (Å²) in [7, 11) is 0. The zero-order valence-corrected chi connectivity index (χ0v) is 18.8. The molecule has 1 rings (SSSR count). The van der Waals surface area contributed by atoms with E-state index in [-0.39, 0.29) is 11.9 Å². The first kappa shape index (κ1) is 25.2. The van der Waals surface area contributed by atoms with Gasteiger partial charge in [0.15, 0.2) is 0 Å². The molecule has 0 aromatic heterocycles. The lowest BCUT2D eigenvalue weighted by atomic mass is 10.0. The maximum Gasteiger partial charge on any atom is 0.308 e. The van der Waals surface area contributed by atoms with E-state index in [1.165, 1.54) is 90.9 Å². The van der Waals surface area contributed by atoms with E-state index in [1.54, 1.807) is 6.07 Å². The predicted octanol–water partition coefficient (Wildman–Crippen LogP) is 7.17. The second-order valence-corrected chi connectivity index (χ2v) is 7.99. The molecule has 1 aromatic rings. The first-order chi connectivity index (χ1) is 14.0. The molecule has 0 fully saturated rings. The Kier molecular flexibility index (Phi) is 13.9. The van der Waals surface area contributed by atoms with Gasteiger partial charge in [-0.05, 0) is 30.5 Å². The maximum absolute atomic E-state index is 11.2. The summed E-state index contributed by atoms with van der Waals surface area (Å²) >= 11 is 0. The lowest BCUT2D eigenvalue weighted by Gasteiger charge is -2.09. The van der Waals surface area contributed by atoms with E-state index in [1.807, 2.05) is 12.1 Å². The molecule has 0 aliphatic rings. The van der Waals surface area contributed by atoms with E-state index in [4.69, 9.17) is 9.47 Å². The van der Waals surface area contributed by atoms with Gasteiger partial charge in [-0.25, -0.2) is 0 Å². The summed E-state index contributed by atoms with van der Waals surface area (Å²) in [6.07, 6.45) is 18.1. The summed E-state index contributed by atoms with van der Waals surface area (Å²) in [5.74, 6) is 0.107. The van der Waals surface area contributed by atoms with Crippen LogP contribution in [-0.2, 0) is 16.0 Å². The van der Waals surface area contributed by atoms with Crippen molar-refractivity contribution in [3.05, 3.63) is 23.8 Å². The highest BCUT2D eigenvalue weighted by Crippen LogP contribution is 2.25. The Balaban J connectivity index is 2.18. The minimum Gasteiger partial charge on any atom is -0.427 e. The Morgan fingerprint density at radius 1 is 0.621 bits per heavy atom. The molecule has 0 amide bonds. The monoisotopic (exact) mass is 404 g/mol. The van der Waals surface area contributed by atoms with Gasteiger partial charge in [-0.15, -0.1) is 0 Å². The van der Waals surface area contributed by atoms with Crippen molar-refractivity contribution in [2.75, 3.05) is 0 Å². The van der Waals surface area contributed by atoms with Crippen LogP contribution in [-0.4, -0.2) is 11.9 Å². The first-order valence-corrected chi connectivity index (χ1v) is 11.5. The Bertz CT molecular complexity index is 560. The molecule has 0 unspecified atom stereocenters. The van der Waals surface area contributed by atoms with E-state index in [9.17, 15) is 9.59 Å². The van der Waals surface area contributed by atoms with E-state index in [0.29, 0.717) is 11.5 Å². The number of unbranched alkanes of at least 4 members (excludes halogenated alkanes) is 12. The SMILES string of the molecule is CCCCCCCCCCCCCCCc1cc(OC(C)=O)cc(OC(C)=O)c1. The van der Waals surface area contributed by atoms with E-state index in [2.05, 4.69) is 6.92 Å². The molecule has 29 heavy (non-hydrogen) atoms. The Morgan fingerprint density at radius 3 is 1.38 bits per heavy atom. The fraction of sp³-hybridized carbons (Fsp3) is 0.680. The fourth-order valence-corrected chi connectivity index (χ4v) is 3.57. The van der Waals surface area contributed by atoms with Crippen molar-refractivity contribution in [2.45, 2.75) is 111 Å². The van der Waals surface area contributed by atoms with Crippen molar-refractivity contribution < 1.29 is 19.1 Å². The van der Waals surface area contributed by atoms with E-state index >= 15 is 0 Å². The van der Waals surface area contributed by atoms with E-state index < -0.39 is 0 Å². The quantitative estimate of drug-likeness (QED) is 0.166. The summed E-state index contributed by atoms with van der Waals surface area (Å²) in [5.41, 5.74) is 1.03. The van der Waals surface area contributed by atoms with Gasteiger partial charge in [-0.2, -0.15) is 0 Å². The minimum atomic E-state index is -0.378. The number of carbonyl (C=O) groups excluding carboxylic acids is 2. The first-order valence-electron chi connectivity index (χ1n) is 11.5. The van der Waals surface area contributed by atoms with Crippen LogP contribution >= 0.6 is 0 Å². The molecular formula is C25H40O4. The molecule has 4 nitrogen and oxygen atoms in total. The van der Waals surface area contributed by atoms with Crippen molar-refractivity contribution in [1.29, 1.82) is 0 Å². The molecule has 4 heteroatoms. The molecule has 0 saturated heterocycles. The highest BCUT2D eigenvalue weighted by molar-refractivity contribution is 5.71. The molecule has 0 radical (unpaired) electrons. The lowest BCUT2D eigenvalue weighted by molar-refractivity contribution is -0.132. The van der Waals surface area contributed by atoms with E-state index in [0.717, 1.165) is 18.4 Å². The number of aryl methyl sites for hydroxylation is 1. The summed E-state index contributed by atoms with van der Waals surface area (Å²) in [6.45, 7) is 5.00. The number of rotatable bonds is 16. The summed E-state index contributed by atoms with van der Waals surface area (Å²) in [6, 6.07) is 5.29. The average Bonchev–Trinajstić information content (AvgIpc) is 2.64. The third-order valence-corrected chi connectivity index (χ3v) is 5.03. The molecule has 0 aliphatic carbocycles. The van der Waals surface area contributed by atoms with Gasteiger partial charge in [0.25, 0.3) is 0 Å². The van der Waals surface area contributed by atoms with Crippen LogP contribution in [0.25, 0.3) is 0 Å². The lowest BCUT2D eigenvalue weighted by Crippen LogP contribution is -2.05. The number of carbonyl (C=O) groups is 2. The van der Waals surface area contributed by atoms with Crippen LogP contribution in [0.1, 0.15) is 110 Å². The van der Waals surface area contributed by atoms with Gasteiger partial charge >= 0.3 is 11.9 Å². The summed E-state index contributed by atoms with van der Waals surface area (Å²) < 4.78 is 10.3. The molecule has 1 aromatic carbocycles. The van der Waals surface area contributed by atoms with Crippen LogP contribution in [0.2, 0.25) is 0 Å². The van der Waals surface area contributed by atoms with Gasteiger partial charge in [0.05, 0.1) is 0 Å². The maximum atomic E-state index is 11.2. The normalized spacial score (nSPS) is 10.7. The smallest absolute Gasteiger partial charge is 0.308 e. The van der Waals surface area contributed by atoms with Gasteiger partial charge in [0.1, 0.15) is 11.5 Å². The molecule has 0 atom stereocenters. The third-order valence-electron chi connectivity index (χ3n) is 5.03. The van der Waals surface area contributed by atoms with Gasteiger partial charge in [0, 0.05) is 19.9 Å². The molecule has 0 aliphatic heterocycles. The van der Waals surface area contributed by atoms with Gasteiger partial charge in [-0.3, -0.25) is 9.59 Å². The predicted molar refractivity (Wildman–Crippen MR) is 118 cm³/mol. The Morgan fingerprint density at radius 2 is 1.00 bits per heavy atom. The fourth-order valence-electron chi connectivity index (χ4n) is 3.57.